The van der Waals surface area contributed by atoms with Gasteiger partial charge in [-0.15, -0.1) is 0 Å². The number of hydrogen-bond donors (Lipinski definition) is 1. The van der Waals surface area contributed by atoms with Crippen LogP contribution >= 0.6 is 0 Å². The summed E-state index contributed by atoms with van der Waals surface area (Å²) >= 11 is 0. The average Bonchev–Trinajstić information content (AvgIpc) is 3.16. The smallest absolute Gasteiger partial charge is 0.0671 e. The molecule has 1 aliphatic carbocycles. The highest BCUT2D eigenvalue weighted by atomic mass is 14.9. The van der Waals surface area contributed by atoms with E-state index in [1.165, 1.54) is 79.3 Å². The van der Waals surface area contributed by atoms with Crippen LogP contribution in [0.1, 0.15) is 88.0 Å². The predicted molar refractivity (Wildman–Crippen MR) is 149 cm³/mol. The van der Waals surface area contributed by atoms with Crippen LogP contribution in [0.15, 0.2) is 59.1 Å². The summed E-state index contributed by atoms with van der Waals surface area (Å²) in [5.74, 6) is 1.28. The fourth-order valence-electron chi connectivity index (χ4n) is 5.52. The Bertz CT molecular complexity index is 1070. The minimum absolute atomic E-state index is 0.434. The minimum Gasteiger partial charge on any atom is -0.355 e. The lowest BCUT2D eigenvalue weighted by molar-refractivity contribution is 0.425. The molecule has 2 nitrogen and oxygen atoms in total. The molecule has 34 heavy (non-hydrogen) atoms. The van der Waals surface area contributed by atoms with Crippen LogP contribution < -0.4 is 5.32 Å². The van der Waals surface area contributed by atoms with Crippen molar-refractivity contribution in [2.45, 2.75) is 85.5 Å². The van der Waals surface area contributed by atoms with Crippen molar-refractivity contribution < 1.29 is 0 Å². The molecular formula is C32H42N2. The number of aryl methyl sites for hydroxylation is 1. The molecular weight excluding hydrogens is 412 g/mol. The Morgan fingerprint density at radius 2 is 1.91 bits per heavy atom. The minimum atomic E-state index is 0.434. The van der Waals surface area contributed by atoms with Crippen LogP contribution in [0.3, 0.4) is 0 Å². The van der Waals surface area contributed by atoms with E-state index < -0.39 is 0 Å². The number of benzene rings is 2. The molecule has 2 aromatic carbocycles. The van der Waals surface area contributed by atoms with Gasteiger partial charge >= 0.3 is 0 Å². The molecule has 1 aliphatic heterocycles. The summed E-state index contributed by atoms with van der Waals surface area (Å²) in [4.78, 5) is 4.84. The van der Waals surface area contributed by atoms with Crippen LogP contribution in [-0.4, -0.2) is 6.21 Å². The van der Waals surface area contributed by atoms with Crippen molar-refractivity contribution >= 4 is 23.3 Å². The van der Waals surface area contributed by atoms with Gasteiger partial charge in [0.25, 0.3) is 0 Å². The van der Waals surface area contributed by atoms with Gasteiger partial charge in [0.05, 0.1) is 5.70 Å². The van der Waals surface area contributed by atoms with Gasteiger partial charge in [-0.3, -0.25) is 4.99 Å². The Hall–Kier alpha value is -2.61. The number of anilines is 2. The Morgan fingerprint density at radius 1 is 1.03 bits per heavy atom. The van der Waals surface area contributed by atoms with Gasteiger partial charge in [-0.1, -0.05) is 69.9 Å². The zero-order valence-corrected chi connectivity index (χ0v) is 21.7. The first-order chi connectivity index (χ1) is 16.6. The fraction of sp³-hybridized carbons (Fsp3) is 0.469. The van der Waals surface area contributed by atoms with Gasteiger partial charge in [0.2, 0.25) is 0 Å². The first-order valence-corrected chi connectivity index (χ1v) is 13.5. The SMILES string of the molecule is CCCCCC1CCCc2c(cccc2Nc2ccc(C)c(C3=CC(CC)C=C(C)C=N3)c2)C1. The third-order valence-electron chi connectivity index (χ3n) is 7.56. The summed E-state index contributed by atoms with van der Waals surface area (Å²) in [5.41, 5.74) is 10.3. The molecule has 2 atom stereocenters. The number of hydrogen-bond acceptors (Lipinski definition) is 2. The molecule has 2 aromatic rings. The van der Waals surface area contributed by atoms with E-state index in [-0.39, 0.29) is 0 Å². The standard InChI is InChI=1S/C32H42N2/c1-5-7-8-11-26-12-9-14-29-27(19-26)13-10-15-31(29)34-28-17-16-24(4)30(21-28)32-20-25(6-2)18-23(3)22-33-32/h10,13,15-18,20-22,25-26,34H,5-9,11-12,14,19H2,1-4H3. The normalized spacial score (nSPS) is 20.1. The highest BCUT2D eigenvalue weighted by Crippen LogP contribution is 2.34. The van der Waals surface area contributed by atoms with Crippen LogP contribution in [0.25, 0.3) is 5.70 Å². The highest BCUT2D eigenvalue weighted by Gasteiger charge is 2.19. The summed E-state index contributed by atoms with van der Waals surface area (Å²) in [6.07, 6.45) is 18.3. The molecule has 2 aliphatic rings. The molecule has 0 radical (unpaired) electrons. The van der Waals surface area contributed by atoms with Crippen LogP contribution in [0.5, 0.6) is 0 Å². The van der Waals surface area contributed by atoms with E-state index in [1.54, 1.807) is 5.56 Å². The molecule has 0 fully saturated rings. The van der Waals surface area contributed by atoms with E-state index in [2.05, 4.69) is 81.6 Å². The molecule has 0 saturated carbocycles. The summed E-state index contributed by atoms with van der Waals surface area (Å²) in [6.45, 7) is 8.88. The molecule has 0 aromatic heterocycles. The molecule has 2 heteroatoms. The zero-order chi connectivity index (χ0) is 23.9. The van der Waals surface area contributed by atoms with E-state index in [0.29, 0.717) is 5.92 Å². The van der Waals surface area contributed by atoms with Crippen LogP contribution in [-0.2, 0) is 12.8 Å². The Labute approximate surface area is 207 Å². The Balaban J connectivity index is 1.57. The topological polar surface area (TPSA) is 24.4 Å². The third kappa shape index (κ3) is 6.09. The number of aliphatic imine (C=N–C) groups is 1. The first-order valence-electron chi connectivity index (χ1n) is 13.5. The molecule has 1 N–H and O–H groups in total. The quantitative estimate of drug-likeness (QED) is 0.312. The van der Waals surface area contributed by atoms with Gasteiger partial charge in [0, 0.05) is 23.2 Å². The zero-order valence-electron chi connectivity index (χ0n) is 21.7. The molecule has 2 unspecified atom stereocenters. The summed E-state index contributed by atoms with van der Waals surface area (Å²) in [7, 11) is 0. The summed E-state index contributed by atoms with van der Waals surface area (Å²) < 4.78 is 0. The summed E-state index contributed by atoms with van der Waals surface area (Å²) in [6, 6.07) is 13.6. The second-order valence-electron chi connectivity index (χ2n) is 10.3. The van der Waals surface area contributed by atoms with Gasteiger partial charge < -0.3 is 5.32 Å². The van der Waals surface area contributed by atoms with E-state index in [9.17, 15) is 0 Å². The van der Waals surface area contributed by atoms with Crippen molar-refractivity contribution in [3.8, 4) is 0 Å². The maximum Gasteiger partial charge on any atom is 0.0671 e. The average molecular weight is 455 g/mol. The lowest BCUT2D eigenvalue weighted by Crippen LogP contribution is -2.04. The number of rotatable bonds is 8. The number of unbranched alkanes of at least 4 members (excludes halogenated alkanes) is 2. The summed E-state index contributed by atoms with van der Waals surface area (Å²) in [5, 5.41) is 3.79. The molecule has 0 amide bonds. The second kappa shape index (κ2) is 11.7. The molecule has 4 rings (SSSR count). The maximum atomic E-state index is 4.84. The van der Waals surface area contributed by atoms with Crippen LogP contribution in [0, 0.1) is 18.8 Å². The van der Waals surface area contributed by atoms with Gasteiger partial charge in [0.15, 0.2) is 0 Å². The largest absolute Gasteiger partial charge is 0.355 e. The van der Waals surface area contributed by atoms with E-state index in [1.807, 2.05) is 6.21 Å². The maximum absolute atomic E-state index is 4.84. The van der Waals surface area contributed by atoms with Crippen LogP contribution in [0.2, 0.25) is 0 Å². The molecule has 1 heterocycles. The number of nitrogens with one attached hydrogen (secondary N) is 1. The molecule has 0 saturated heterocycles. The lowest BCUT2D eigenvalue weighted by atomic mass is 9.91. The van der Waals surface area contributed by atoms with Gasteiger partial charge in [-0.05, 0) is 98.2 Å². The van der Waals surface area contributed by atoms with Crippen molar-refractivity contribution in [1.82, 2.24) is 0 Å². The fourth-order valence-corrected chi connectivity index (χ4v) is 5.52. The molecule has 0 spiro atoms. The third-order valence-corrected chi connectivity index (χ3v) is 7.56. The van der Waals surface area contributed by atoms with Crippen molar-refractivity contribution in [2.75, 3.05) is 5.32 Å². The first kappa shape index (κ1) is 24.5. The van der Waals surface area contributed by atoms with E-state index in [0.717, 1.165) is 23.7 Å². The van der Waals surface area contributed by atoms with Gasteiger partial charge in [-0.2, -0.15) is 0 Å². The van der Waals surface area contributed by atoms with E-state index in [4.69, 9.17) is 4.99 Å². The van der Waals surface area contributed by atoms with Crippen molar-refractivity contribution in [2.24, 2.45) is 16.8 Å². The van der Waals surface area contributed by atoms with E-state index >= 15 is 0 Å². The number of allylic oxidation sites excluding steroid dienone is 3. The monoisotopic (exact) mass is 454 g/mol. The lowest BCUT2D eigenvalue weighted by Gasteiger charge is -2.17. The Morgan fingerprint density at radius 3 is 2.74 bits per heavy atom. The molecule has 180 valence electrons. The van der Waals surface area contributed by atoms with Gasteiger partial charge in [-0.25, -0.2) is 0 Å². The van der Waals surface area contributed by atoms with Crippen molar-refractivity contribution in [3.63, 3.8) is 0 Å². The second-order valence-corrected chi connectivity index (χ2v) is 10.3. The Kier molecular flexibility index (Phi) is 8.43. The molecule has 0 bridgehead atoms. The number of nitrogens with zero attached hydrogens (tertiary/aromatic N) is 1. The van der Waals surface area contributed by atoms with Gasteiger partial charge in [0.1, 0.15) is 0 Å². The van der Waals surface area contributed by atoms with Crippen molar-refractivity contribution in [1.29, 1.82) is 0 Å². The highest BCUT2D eigenvalue weighted by molar-refractivity contribution is 5.86. The predicted octanol–water partition coefficient (Wildman–Crippen LogP) is 9.21. The van der Waals surface area contributed by atoms with Crippen molar-refractivity contribution in [3.05, 3.63) is 76.4 Å². The van der Waals surface area contributed by atoms with Crippen LogP contribution in [0.4, 0.5) is 11.4 Å². The number of fused-ring (bicyclic) bond motifs is 1.